The van der Waals surface area contributed by atoms with E-state index in [1.807, 2.05) is 18.2 Å². The molecule has 162 valence electrons. The van der Waals surface area contributed by atoms with Gasteiger partial charge in [-0.1, -0.05) is 12.1 Å². The summed E-state index contributed by atoms with van der Waals surface area (Å²) in [6, 6.07) is 10.8. The Bertz CT molecular complexity index is 1140. The predicted molar refractivity (Wildman–Crippen MR) is 115 cm³/mol. The third-order valence-electron chi connectivity index (χ3n) is 5.53. The summed E-state index contributed by atoms with van der Waals surface area (Å²) in [6.45, 7) is 0. The Morgan fingerprint density at radius 1 is 1.03 bits per heavy atom. The Balaban J connectivity index is 1.37. The van der Waals surface area contributed by atoms with E-state index in [4.69, 9.17) is 14.2 Å². The first kappa shape index (κ1) is 20.7. The van der Waals surface area contributed by atoms with Crippen LogP contribution in [-0.4, -0.2) is 41.7 Å². The second-order valence-electron chi connectivity index (χ2n) is 7.46. The van der Waals surface area contributed by atoms with Crippen LogP contribution in [0.2, 0.25) is 0 Å². The topological polar surface area (TPSA) is 91.2 Å². The Morgan fingerprint density at radius 2 is 1.81 bits per heavy atom. The highest BCUT2D eigenvalue weighted by molar-refractivity contribution is 5.93. The number of nitrogens with one attached hydrogen (secondary N) is 1. The molecule has 1 fully saturated rings. The molecule has 0 bridgehead atoms. The summed E-state index contributed by atoms with van der Waals surface area (Å²) in [6.07, 6.45) is 6.03. The molecule has 4 rings (SSSR count). The van der Waals surface area contributed by atoms with Crippen LogP contribution in [0, 0.1) is 0 Å². The van der Waals surface area contributed by atoms with Crippen LogP contribution in [0.25, 0.3) is 5.65 Å². The molecule has 0 spiro atoms. The van der Waals surface area contributed by atoms with Crippen LogP contribution < -0.4 is 25.1 Å². The lowest BCUT2D eigenvalue weighted by Crippen LogP contribution is -2.41. The lowest BCUT2D eigenvalue weighted by molar-refractivity contribution is 0.0889. The van der Waals surface area contributed by atoms with E-state index < -0.39 is 5.91 Å². The molecule has 0 aliphatic heterocycles. The minimum atomic E-state index is -0.394. The first-order valence-electron chi connectivity index (χ1n) is 10.3. The van der Waals surface area contributed by atoms with E-state index in [1.165, 1.54) is 10.6 Å². The normalized spacial score (nSPS) is 18.4. The van der Waals surface area contributed by atoms with Crippen LogP contribution in [0.5, 0.6) is 17.2 Å². The van der Waals surface area contributed by atoms with E-state index in [9.17, 15) is 9.59 Å². The van der Waals surface area contributed by atoms with Gasteiger partial charge in [-0.3, -0.25) is 14.0 Å². The van der Waals surface area contributed by atoms with Crippen molar-refractivity contribution in [3.05, 3.63) is 64.7 Å². The van der Waals surface area contributed by atoms with Gasteiger partial charge in [0.05, 0.1) is 20.3 Å². The lowest BCUT2D eigenvalue weighted by Gasteiger charge is -2.30. The predicted octanol–water partition coefficient (Wildman–Crippen LogP) is 2.83. The van der Waals surface area contributed by atoms with Crippen molar-refractivity contribution in [1.29, 1.82) is 0 Å². The number of methoxy groups -OCH3 is 2. The molecule has 1 amide bonds. The van der Waals surface area contributed by atoms with Crippen molar-refractivity contribution in [3.63, 3.8) is 0 Å². The molecule has 1 aliphatic rings. The molecule has 1 saturated carbocycles. The molecule has 1 aliphatic carbocycles. The Labute approximate surface area is 179 Å². The molecule has 3 aromatic rings. The molecule has 0 saturated heterocycles. The highest BCUT2D eigenvalue weighted by Gasteiger charge is 2.26. The first-order chi connectivity index (χ1) is 15.1. The molecule has 2 aromatic heterocycles. The number of amides is 1. The van der Waals surface area contributed by atoms with Gasteiger partial charge in [-0.05, 0) is 49.9 Å². The average molecular weight is 423 g/mol. The number of ether oxygens (including phenoxy) is 3. The van der Waals surface area contributed by atoms with E-state index in [1.54, 1.807) is 38.6 Å². The Kier molecular flexibility index (Phi) is 6.06. The SMILES string of the molecule is COc1cccc(OC2CCC(NC(=O)c3cnc4ccccn4c3=O)CC2)c1OC. The summed E-state index contributed by atoms with van der Waals surface area (Å²) in [7, 11) is 3.17. The molecule has 31 heavy (non-hydrogen) atoms. The van der Waals surface area contributed by atoms with Gasteiger partial charge >= 0.3 is 0 Å². The van der Waals surface area contributed by atoms with Gasteiger partial charge in [0.25, 0.3) is 11.5 Å². The van der Waals surface area contributed by atoms with Crippen molar-refractivity contribution in [3.8, 4) is 17.2 Å². The largest absolute Gasteiger partial charge is 0.493 e. The van der Waals surface area contributed by atoms with Crippen LogP contribution in [0.3, 0.4) is 0 Å². The Morgan fingerprint density at radius 3 is 2.55 bits per heavy atom. The number of hydrogen-bond donors (Lipinski definition) is 1. The number of nitrogens with zero attached hydrogens (tertiary/aromatic N) is 2. The van der Waals surface area contributed by atoms with Crippen molar-refractivity contribution in [2.45, 2.75) is 37.8 Å². The maximum atomic E-state index is 12.7. The minimum Gasteiger partial charge on any atom is -0.493 e. The number of fused-ring (bicyclic) bond motifs is 1. The standard InChI is InChI=1S/C23H25N3O5/c1-29-18-6-5-7-19(21(18)30-2)31-16-11-9-15(10-12-16)25-22(27)17-14-24-20-8-3-4-13-26(20)23(17)28/h3-8,13-16H,9-12H2,1-2H3,(H,25,27). The first-order valence-corrected chi connectivity index (χ1v) is 10.3. The third-order valence-corrected chi connectivity index (χ3v) is 5.53. The molecular formula is C23H25N3O5. The summed E-state index contributed by atoms with van der Waals surface area (Å²) in [5, 5.41) is 2.97. The van der Waals surface area contributed by atoms with E-state index in [0.29, 0.717) is 22.9 Å². The molecular weight excluding hydrogens is 398 g/mol. The molecule has 2 heterocycles. The van der Waals surface area contributed by atoms with E-state index >= 15 is 0 Å². The van der Waals surface area contributed by atoms with Gasteiger partial charge < -0.3 is 19.5 Å². The van der Waals surface area contributed by atoms with Crippen LogP contribution in [-0.2, 0) is 0 Å². The van der Waals surface area contributed by atoms with Crippen molar-refractivity contribution in [2.75, 3.05) is 14.2 Å². The number of benzene rings is 1. The third kappa shape index (κ3) is 4.33. The van der Waals surface area contributed by atoms with Crippen LogP contribution in [0.4, 0.5) is 0 Å². The zero-order valence-electron chi connectivity index (χ0n) is 17.5. The zero-order valence-corrected chi connectivity index (χ0v) is 17.5. The van der Waals surface area contributed by atoms with Gasteiger partial charge in [-0.25, -0.2) is 4.98 Å². The molecule has 0 radical (unpaired) electrons. The number of pyridine rings is 1. The molecule has 0 unspecified atom stereocenters. The van der Waals surface area contributed by atoms with Gasteiger partial charge in [0.1, 0.15) is 11.2 Å². The van der Waals surface area contributed by atoms with Crippen LogP contribution in [0.1, 0.15) is 36.0 Å². The second-order valence-corrected chi connectivity index (χ2v) is 7.46. The van der Waals surface area contributed by atoms with Crippen molar-refractivity contribution in [1.82, 2.24) is 14.7 Å². The van der Waals surface area contributed by atoms with E-state index in [2.05, 4.69) is 10.3 Å². The van der Waals surface area contributed by atoms with Crippen LogP contribution in [0.15, 0.2) is 53.6 Å². The quantitative estimate of drug-likeness (QED) is 0.656. The van der Waals surface area contributed by atoms with Crippen molar-refractivity contribution >= 4 is 11.6 Å². The monoisotopic (exact) mass is 423 g/mol. The van der Waals surface area contributed by atoms with Crippen LogP contribution >= 0.6 is 0 Å². The average Bonchev–Trinajstić information content (AvgIpc) is 2.80. The lowest BCUT2D eigenvalue weighted by atomic mass is 9.92. The maximum Gasteiger partial charge on any atom is 0.270 e. The van der Waals surface area contributed by atoms with Gasteiger partial charge in [-0.15, -0.1) is 0 Å². The number of aromatic nitrogens is 2. The minimum absolute atomic E-state index is 0.0159. The van der Waals surface area contributed by atoms with E-state index in [0.717, 1.165) is 25.7 Å². The molecule has 8 nitrogen and oxygen atoms in total. The summed E-state index contributed by atoms with van der Waals surface area (Å²) >= 11 is 0. The molecule has 1 aromatic carbocycles. The highest BCUT2D eigenvalue weighted by Crippen LogP contribution is 2.38. The summed E-state index contributed by atoms with van der Waals surface area (Å²) in [4.78, 5) is 29.5. The van der Waals surface area contributed by atoms with Crippen molar-refractivity contribution in [2.24, 2.45) is 0 Å². The number of rotatable bonds is 6. The number of para-hydroxylation sites is 1. The van der Waals surface area contributed by atoms with Gasteiger partial charge in [0, 0.05) is 18.4 Å². The second kappa shape index (κ2) is 9.07. The maximum absolute atomic E-state index is 12.7. The van der Waals surface area contributed by atoms with Crippen molar-refractivity contribution < 1.29 is 19.0 Å². The summed E-state index contributed by atoms with van der Waals surface area (Å²) in [5.41, 5.74) is 0.183. The molecule has 0 atom stereocenters. The van der Waals surface area contributed by atoms with E-state index in [-0.39, 0.29) is 23.3 Å². The van der Waals surface area contributed by atoms with Gasteiger partial charge in [0.2, 0.25) is 5.75 Å². The zero-order chi connectivity index (χ0) is 21.8. The Hall–Kier alpha value is -3.55. The molecule has 8 heteroatoms. The number of carbonyl (C=O) groups excluding carboxylic acids is 1. The fraction of sp³-hybridized carbons (Fsp3) is 0.348. The number of carbonyl (C=O) groups is 1. The molecule has 1 N–H and O–H groups in total. The smallest absolute Gasteiger partial charge is 0.270 e. The summed E-state index contributed by atoms with van der Waals surface area (Å²) < 4.78 is 18.3. The number of hydrogen-bond acceptors (Lipinski definition) is 6. The fourth-order valence-electron chi connectivity index (χ4n) is 3.90. The van der Waals surface area contributed by atoms with Gasteiger partial charge in [-0.2, -0.15) is 0 Å². The fourth-order valence-corrected chi connectivity index (χ4v) is 3.90. The summed E-state index contributed by atoms with van der Waals surface area (Å²) in [5.74, 6) is 1.44. The van der Waals surface area contributed by atoms with Gasteiger partial charge in [0.15, 0.2) is 11.5 Å². The highest BCUT2D eigenvalue weighted by atomic mass is 16.5.